The van der Waals surface area contributed by atoms with Gasteiger partial charge < -0.3 is 10.6 Å². The highest BCUT2D eigenvalue weighted by Crippen LogP contribution is 2.27. The van der Waals surface area contributed by atoms with Crippen molar-refractivity contribution in [2.45, 2.75) is 13.5 Å². The van der Waals surface area contributed by atoms with Crippen LogP contribution in [-0.2, 0) is 6.54 Å². The average Bonchev–Trinajstić information content (AvgIpc) is 2.79. The maximum atomic E-state index is 4.32. The Balaban J connectivity index is 2.23. The third-order valence-electron chi connectivity index (χ3n) is 2.24. The van der Waals surface area contributed by atoms with Gasteiger partial charge in [0.1, 0.15) is 16.6 Å². The predicted molar refractivity (Wildman–Crippen MR) is 70.5 cm³/mol. The topological polar surface area (TPSA) is 67.7 Å². The van der Waals surface area contributed by atoms with Crippen LogP contribution in [0.15, 0.2) is 23.1 Å². The van der Waals surface area contributed by atoms with E-state index in [1.54, 1.807) is 0 Å². The molecule has 0 aliphatic rings. The van der Waals surface area contributed by atoms with Gasteiger partial charge in [-0.25, -0.2) is 9.97 Å². The molecule has 0 aromatic carbocycles. The predicted octanol–water partition coefficient (Wildman–Crippen LogP) is 2.24. The van der Waals surface area contributed by atoms with Crippen LogP contribution in [0.3, 0.4) is 0 Å². The molecule has 6 nitrogen and oxygen atoms in total. The van der Waals surface area contributed by atoms with Gasteiger partial charge in [-0.05, 0) is 22.9 Å². The van der Waals surface area contributed by atoms with Crippen LogP contribution in [0.2, 0.25) is 0 Å². The first-order valence-corrected chi connectivity index (χ1v) is 6.02. The molecule has 0 bridgehead atoms. The Labute approximate surface area is 108 Å². The summed E-state index contributed by atoms with van der Waals surface area (Å²) in [6.07, 6.45) is 3.41. The SMILES string of the molecule is CCn1ccc(Nc2ncnc(NC)c2Br)n1. The van der Waals surface area contributed by atoms with Gasteiger partial charge in [0.15, 0.2) is 11.6 Å². The lowest BCUT2D eigenvalue weighted by molar-refractivity contribution is 0.662. The Morgan fingerprint density at radius 1 is 1.35 bits per heavy atom. The molecular formula is C10H13BrN6. The van der Waals surface area contributed by atoms with E-state index in [1.165, 1.54) is 6.33 Å². The number of hydrogen-bond donors (Lipinski definition) is 2. The molecule has 2 N–H and O–H groups in total. The first-order valence-electron chi connectivity index (χ1n) is 5.23. The van der Waals surface area contributed by atoms with Crippen LogP contribution in [0.1, 0.15) is 6.92 Å². The Hall–Kier alpha value is -1.63. The lowest BCUT2D eigenvalue weighted by atomic mass is 10.5. The second-order valence-corrected chi connectivity index (χ2v) is 4.11. The zero-order chi connectivity index (χ0) is 12.3. The van der Waals surface area contributed by atoms with E-state index in [2.05, 4.69) is 41.6 Å². The van der Waals surface area contributed by atoms with Crippen LogP contribution < -0.4 is 10.6 Å². The number of nitrogens with one attached hydrogen (secondary N) is 2. The first kappa shape index (κ1) is 11.8. The third-order valence-corrected chi connectivity index (χ3v) is 2.99. The molecule has 0 fully saturated rings. The number of aryl methyl sites for hydroxylation is 1. The molecule has 0 saturated heterocycles. The third kappa shape index (κ3) is 2.55. The Morgan fingerprint density at radius 3 is 2.76 bits per heavy atom. The van der Waals surface area contributed by atoms with E-state index >= 15 is 0 Å². The second kappa shape index (κ2) is 5.13. The van der Waals surface area contributed by atoms with Crippen LogP contribution >= 0.6 is 15.9 Å². The van der Waals surface area contributed by atoms with E-state index in [-0.39, 0.29) is 0 Å². The molecule has 0 aliphatic heterocycles. The molecule has 0 amide bonds. The van der Waals surface area contributed by atoms with Gasteiger partial charge in [-0.2, -0.15) is 5.10 Å². The summed E-state index contributed by atoms with van der Waals surface area (Å²) in [6, 6.07) is 1.90. The summed E-state index contributed by atoms with van der Waals surface area (Å²) >= 11 is 3.44. The van der Waals surface area contributed by atoms with Gasteiger partial charge in [0.25, 0.3) is 0 Å². The zero-order valence-corrected chi connectivity index (χ0v) is 11.2. The van der Waals surface area contributed by atoms with Crippen LogP contribution in [-0.4, -0.2) is 26.8 Å². The molecule has 90 valence electrons. The number of rotatable bonds is 4. The fraction of sp³-hybridized carbons (Fsp3) is 0.300. The minimum absolute atomic E-state index is 0.686. The molecule has 2 aromatic rings. The van der Waals surface area contributed by atoms with E-state index < -0.39 is 0 Å². The Bertz CT molecular complexity index is 509. The molecule has 2 aromatic heterocycles. The molecule has 2 rings (SSSR count). The van der Waals surface area contributed by atoms with E-state index in [0.29, 0.717) is 5.82 Å². The summed E-state index contributed by atoms with van der Waals surface area (Å²) in [4.78, 5) is 8.24. The van der Waals surface area contributed by atoms with Crippen molar-refractivity contribution >= 4 is 33.4 Å². The molecule has 0 aliphatic carbocycles. The highest BCUT2D eigenvalue weighted by Gasteiger charge is 2.08. The normalized spacial score (nSPS) is 10.3. The number of anilines is 3. The molecule has 0 atom stereocenters. The van der Waals surface area contributed by atoms with Crippen molar-refractivity contribution in [2.24, 2.45) is 0 Å². The number of aromatic nitrogens is 4. The lowest BCUT2D eigenvalue weighted by Crippen LogP contribution is -2.01. The van der Waals surface area contributed by atoms with Crippen LogP contribution in [0.25, 0.3) is 0 Å². The highest BCUT2D eigenvalue weighted by molar-refractivity contribution is 9.10. The maximum Gasteiger partial charge on any atom is 0.153 e. The summed E-state index contributed by atoms with van der Waals surface area (Å²) in [5.74, 6) is 2.18. The largest absolute Gasteiger partial charge is 0.372 e. The quantitative estimate of drug-likeness (QED) is 0.906. The molecule has 0 unspecified atom stereocenters. The molecule has 17 heavy (non-hydrogen) atoms. The van der Waals surface area contributed by atoms with Gasteiger partial charge in [-0.3, -0.25) is 4.68 Å². The number of halogens is 1. The van der Waals surface area contributed by atoms with Gasteiger partial charge >= 0.3 is 0 Å². The van der Waals surface area contributed by atoms with Gasteiger partial charge in [-0.1, -0.05) is 0 Å². The van der Waals surface area contributed by atoms with Crippen LogP contribution in [0, 0.1) is 0 Å². The fourth-order valence-corrected chi connectivity index (χ4v) is 1.86. The van der Waals surface area contributed by atoms with Crippen molar-refractivity contribution in [3.63, 3.8) is 0 Å². The Kier molecular flexibility index (Phi) is 3.58. The monoisotopic (exact) mass is 296 g/mol. The van der Waals surface area contributed by atoms with Crippen molar-refractivity contribution in [1.82, 2.24) is 19.7 Å². The smallest absolute Gasteiger partial charge is 0.153 e. The van der Waals surface area contributed by atoms with E-state index in [0.717, 1.165) is 22.7 Å². The van der Waals surface area contributed by atoms with Gasteiger partial charge in [0, 0.05) is 25.9 Å². The summed E-state index contributed by atoms with van der Waals surface area (Å²) in [6.45, 7) is 2.88. The van der Waals surface area contributed by atoms with Gasteiger partial charge in [0.05, 0.1) is 0 Å². The first-order chi connectivity index (χ1) is 8.24. The molecule has 0 spiro atoms. The van der Waals surface area contributed by atoms with E-state index in [4.69, 9.17) is 0 Å². The summed E-state index contributed by atoms with van der Waals surface area (Å²) in [5, 5.41) is 10.4. The summed E-state index contributed by atoms with van der Waals surface area (Å²) in [5.41, 5.74) is 0. The van der Waals surface area contributed by atoms with Gasteiger partial charge in [-0.15, -0.1) is 0 Å². The molecule has 2 heterocycles. The van der Waals surface area contributed by atoms with Crippen molar-refractivity contribution in [3.8, 4) is 0 Å². The number of nitrogens with zero attached hydrogens (tertiary/aromatic N) is 4. The molecule has 7 heteroatoms. The van der Waals surface area contributed by atoms with E-state index in [9.17, 15) is 0 Å². The highest BCUT2D eigenvalue weighted by atomic mass is 79.9. The lowest BCUT2D eigenvalue weighted by Gasteiger charge is -2.07. The Morgan fingerprint density at radius 2 is 2.12 bits per heavy atom. The molecule has 0 saturated carbocycles. The number of hydrogen-bond acceptors (Lipinski definition) is 5. The van der Waals surface area contributed by atoms with Crippen molar-refractivity contribution < 1.29 is 0 Å². The van der Waals surface area contributed by atoms with Crippen molar-refractivity contribution in [1.29, 1.82) is 0 Å². The van der Waals surface area contributed by atoms with Gasteiger partial charge in [0.2, 0.25) is 0 Å². The van der Waals surface area contributed by atoms with Crippen molar-refractivity contribution in [2.75, 3.05) is 17.7 Å². The molecular weight excluding hydrogens is 284 g/mol. The standard InChI is InChI=1S/C10H13BrN6/c1-3-17-5-4-7(16-17)15-10-8(11)9(12-2)13-6-14-10/h4-6H,3H2,1-2H3,(H2,12,13,14,15,16). The minimum Gasteiger partial charge on any atom is -0.372 e. The van der Waals surface area contributed by atoms with Crippen LogP contribution in [0.4, 0.5) is 17.5 Å². The summed E-state index contributed by atoms with van der Waals surface area (Å²) in [7, 11) is 1.81. The zero-order valence-electron chi connectivity index (χ0n) is 9.61. The molecule has 0 radical (unpaired) electrons. The summed E-state index contributed by atoms with van der Waals surface area (Å²) < 4.78 is 2.63. The van der Waals surface area contributed by atoms with Crippen LogP contribution in [0.5, 0.6) is 0 Å². The van der Waals surface area contributed by atoms with E-state index in [1.807, 2.05) is 30.9 Å². The minimum atomic E-state index is 0.686. The maximum absolute atomic E-state index is 4.32. The average molecular weight is 297 g/mol. The fourth-order valence-electron chi connectivity index (χ4n) is 1.36. The van der Waals surface area contributed by atoms with Crippen molar-refractivity contribution in [3.05, 3.63) is 23.1 Å². The second-order valence-electron chi connectivity index (χ2n) is 3.32.